The van der Waals surface area contributed by atoms with Crippen LogP contribution in [-0.4, -0.2) is 29.5 Å². The number of aliphatic imine (C=N–C) groups is 1. The van der Waals surface area contributed by atoms with E-state index in [0.717, 1.165) is 0 Å². The zero-order valence-electron chi connectivity index (χ0n) is 11.4. The lowest BCUT2D eigenvalue weighted by Gasteiger charge is -2.10. The number of hydrogen-bond donors (Lipinski definition) is 2. The fourth-order valence-corrected chi connectivity index (χ4v) is 1.80. The highest BCUT2D eigenvalue weighted by atomic mass is 16.5. The maximum Gasteiger partial charge on any atom is 0.335 e. The van der Waals surface area contributed by atoms with Crippen LogP contribution in [0.25, 0.3) is 0 Å². The van der Waals surface area contributed by atoms with Crippen molar-refractivity contribution in [3.63, 3.8) is 0 Å². The van der Waals surface area contributed by atoms with Gasteiger partial charge in [-0.2, -0.15) is 0 Å². The van der Waals surface area contributed by atoms with Gasteiger partial charge in [0.1, 0.15) is 11.5 Å². The number of hydrogen-bond acceptors (Lipinski definition) is 5. The first-order chi connectivity index (χ1) is 10.1. The summed E-state index contributed by atoms with van der Waals surface area (Å²) < 4.78 is 4.74. The van der Waals surface area contributed by atoms with Crippen LogP contribution in [0.3, 0.4) is 0 Å². The van der Waals surface area contributed by atoms with Gasteiger partial charge in [0.05, 0.1) is 7.11 Å². The first kappa shape index (κ1) is 14.6. The third kappa shape index (κ3) is 3.60. The molecule has 0 aromatic heterocycles. The van der Waals surface area contributed by atoms with Gasteiger partial charge < -0.3 is 14.9 Å². The van der Waals surface area contributed by atoms with E-state index in [2.05, 4.69) is 4.99 Å². The summed E-state index contributed by atoms with van der Waals surface area (Å²) in [4.78, 5) is 16.0. The molecule has 2 rings (SSSR count). The van der Waals surface area contributed by atoms with E-state index >= 15 is 0 Å². The largest absolute Gasteiger partial charge is 0.508 e. The van der Waals surface area contributed by atoms with E-state index in [0.29, 0.717) is 11.1 Å². The fraction of sp³-hybridized carbons (Fsp3) is 0.125. The molecule has 5 heteroatoms. The Morgan fingerprint density at radius 3 is 2.43 bits per heavy atom. The van der Waals surface area contributed by atoms with E-state index in [4.69, 9.17) is 4.74 Å². The van der Waals surface area contributed by atoms with Gasteiger partial charge in [-0.3, -0.25) is 4.99 Å². The van der Waals surface area contributed by atoms with Gasteiger partial charge in [0.25, 0.3) is 0 Å². The van der Waals surface area contributed by atoms with Crippen molar-refractivity contribution in [2.24, 2.45) is 4.99 Å². The number of ether oxygens (including phenoxy) is 1. The van der Waals surface area contributed by atoms with E-state index in [1.165, 1.54) is 31.5 Å². The predicted molar refractivity (Wildman–Crippen MR) is 78.6 cm³/mol. The van der Waals surface area contributed by atoms with Crippen molar-refractivity contribution in [1.29, 1.82) is 0 Å². The second-order valence-corrected chi connectivity index (χ2v) is 4.35. The molecule has 0 amide bonds. The number of nitrogens with zero attached hydrogens (tertiary/aromatic N) is 1. The summed E-state index contributed by atoms with van der Waals surface area (Å²) in [7, 11) is 1.28. The summed E-state index contributed by atoms with van der Waals surface area (Å²) in [5.41, 5.74) is 1.09. The number of phenolic OH excluding ortho intramolecular Hbond substituents is 2. The molecule has 2 N–H and O–H groups in total. The summed E-state index contributed by atoms with van der Waals surface area (Å²) in [6.07, 6.45) is 1.42. The smallest absolute Gasteiger partial charge is 0.335 e. The lowest BCUT2D eigenvalue weighted by molar-refractivity contribution is -0.142. The van der Waals surface area contributed by atoms with E-state index in [9.17, 15) is 15.0 Å². The molecule has 0 saturated carbocycles. The van der Waals surface area contributed by atoms with Crippen molar-refractivity contribution < 1.29 is 19.7 Å². The summed E-state index contributed by atoms with van der Waals surface area (Å²) in [6, 6.07) is 12.0. The second-order valence-electron chi connectivity index (χ2n) is 4.35. The number of rotatable bonds is 4. The molecular weight excluding hydrogens is 270 g/mol. The molecule has 2 aromatic rings. The van der Waals surface area contributed by atoms with E-state index in [-0.39, 0.29) is 11.5 Å². The summed E-state index contributed by atoms with van der Waals surface area (Å²) in [6.45, 7) is 0. The minimum absolute atomic E-state index is 0.0792. The van der Waals surface area contributed by atoms with E-state index < -0.39 is 12.0 Å². The Morgan fingerprint density at radius 2 is 1.81 bits per heavy atom. The molecule has 2 aromatic carbocycles. The van der Waals surface area contributed by atoms with Gasteiger partial charge in [-0.15, -0.1) is 0 Å². The molecule has 0 bridgehead atoms. The van der Waals surface area contributed by atoms with Crippen LogP contribution < -0.4 is 0 Å². The number of benzene rings is 2. The van der Waals surface area contributed by atoms with Crippen LogP contribution in [0.1, 0.15) is 17.2 Å². The molecule has 0 radical (unpaired) electrons. The van der Waals surface area contributed by atoms with Crippen molar-refractivity contribution in [2.75, 3.05) is 7.11 Å². The Labute approximate surface area is 122 Å². The molecule has 0 spiro atoms. The van der Waals surface area contributed by atoms with Crippen LogP contribution in [0, 0.1) is 0 Å². The Morgan fingerprint density at radius 1 is 1.14 bits per heavy atom. The lowest BCUT2D eigenvalue weighted by atomic mass is 10.1. The van der Waals surface area contributed by atoms with Crippen molar-refractivity contribution in [3.8, 4) is 11.5 Å². The monoisotopic (exact) mass is 285 g/mol. The molecule has 0 saturated heterocycles. The molecule has 0 heterocycles. The summed E-state index contributed by atoms with van der Waals surface area (Å²) in [5.74, 6) is -0.338. The lowest BCUT2D eigenvalue weighted by Crippen LogP contribution is -2.12. The second kappa shape index (κ2) is 6.56. The quantitative estimate of drug-likeness (QED) is 0.668. The number of aromatic hydroxyl groups is 2. The fourth-order valence-electron chi connectivity index (χ4n) is 1.80. The van der Waals surface area contributed by atoms with Gasteiger partial charge in [-0.05, 0) is 29.8 Å². The van der Waals surface area contributed by atoms with Crippen LogP contribution >= 0.6 is 0 Å². The molecule has 0 aliphatic carbocycles. The third-order valence-corrected chi connectivity index (χ3v) is 2.93. The van der Waals surface area contributed by atoms with Gasteiger partial charge in [0, 0.05) is 11.8 Å². The average molecular weight is 285 g/mol. The third-order valence-electron chi connectivity index (χ3n) is 2.93. The number of methoxy groups -OCH3 is 1. The molecule has 1 atom stereocenters. The first-order valence-electron chi connectivity index (χ1n) is 6.29. The Hall–Kier alpha value is -2.82. The molecule has 108 valence electrons. The first-order valence-corrected chi connectivity index (χ1v) is 6.29. The van der Waals surface area contributed by atoms with Crippen molar-refractivity contribution in [2.45, 2.75) is 6.04 Å². The Bertz CT molecular complexity index is 650. The van der Waals surface area contributed by atoms with Crippen LogP contribution in [0.15, 0.2) is 53.5 Å². The number of esters is 1. The predicted octanol–water partition coefficient (Wildman–Crippen LogP) is 2.43. The molecule has 0 fully saturated rings. The molecule has 5 nitrogen and oxygen atoms in total. The highest BCUT2D eigenvalue weighted by Gasteiger charge is 2.19. The minimum Gasteiger partial charge on any atom is -0.508 e. The number of para-hydroxylation sites is 1. The van der Waals surface area contributed by atoms with Crippen molar-refractivity contribution >= 4 is 12.2 Å². The molecule has 1 unspecified atom stereocenters. The number of carbonyl (C=O) groups excluding carboxylic acids is 1. The Kier molecular flexibility index (Phi) is 4.56. The maximum absolute atomic E-state index is 11.8. The SMILES string of the molecule is COC(=O)C(N=Cc1ccccc1O)c1ccc(O)cc1. The molecule has 0 aliphatic rings. The van der Waals surface area contributed by atoms with Crippen LogP contribution in [0.2, 0.25) is 0 Å². The average Bonchev–Trinajstić information content (AvgIpc) is 2.50. The maximum atomic E-state index is 11.8. The van der Waals surface area contributed by atoms with Crippen molar-refractivity contribution in [1.82, 2.24) is 0 Å². The molecular formula is C16H15NO4. The summed E-state index contributed by atoms with van der Waals surface area (Å²) >= 11 is 0. The van der Waals surface area contributed by atoms with Gasteiger partial charge in [-0.25, -0.2) is 4.79 Å². The van der Waals surface area contributed by atoms with Crippen LogP contribution in [-0.2, 0) is 9.53 Å². The zero-order chi connectivity index (χ0) is 15.2. The Balaban J connectivity index is 2.31. The molecule has 0 aliphatic heterocycles. The van der Waals surface area contributed by atoms with Gasteiger partial charge in [0.15, 0.2) is 6.04 Å². The van der Waals surface area contributed by atoms with Crippen LogP contribution in [0.5, 0.6) is 11.5 Å². The van der Waals surface area contributed by atoms with Crippen LogP contribution in [0.4, 0.5) is 0 Å². The van der Waals surface area contributed by atoms with Gasteiger partial charge in [-0.1, -0.05) is 24.3 Å². The minimum atomic E-state index is -0.852. The van der Waals surface area contributed by atoms with E-state index in [1.807, 2.05) is 0 Å². The zero-order valence-corrected chi connectivity index (χ0v) is 11.4. The highest BCUT2D eigenvalue weighted by Crippen LogP contribution is 2.22. The number of phenols is 2. The number of carbonyl (C=O) groups is 1. The highest BCUT2D eigenvalue weighted by molar-refractivity contribution is 5.86. The normalized spacial score (nSPS) is 12.2. The topological polar surface area (TPSA) is 79.1 Å². The van der Waals surface area contributed by atoms with E-state index in [1.54, 1.807) is 30.3 Å². The standard InChI is InChI=1S/C16H15NO4/c1-21-16(20)15(11-6-8-13(18)9-7-11)17-10-12-4-2-3-5-14(12)19/h2-10,15,18-19H,1H3. The molecule has 21 heavy (non-hydrogen) atoms. The summed E-state index contributed by atoms with van der Waals surface area (Å²) in [5, 5.41) is 19.0. The van der Waals surface area contributed by atoms with Gasteiger partial charge in [0.2, 0.25) is 0 Å². The van der Waals surface area contributed by atoms with Crippen molar-refractivity contribution in [3.05, 3.63) is 59.7 Å². The van der Waals surface area contributed by atoms with Gasteiger partial charge >= 0.3 is 5.97 Å².